The highest BCUT2D eigenvalue weighted by atomic mass is 127. The molecule has 7 heteroatoms. The number of halogens is 1. The maximum absolute atomic E-state index is 5.88. The summed E-state index contributed by atoms with van der Waals surface area (Å²) in [6, 6.07) is 7.56. The number of benzene rings is 1. The fraction of sp³-hybridized carbons (Fsp3) is 0.286. The molecule has 0 spiro atoms. The van der Waals surface area contributed by atoms with E-state index in [9.17, 15) is 0 Å². The number of aromatic nitrogens is 1. The van der Waals surface area contributed by atoms with Crippen molar-refractivity contribution in [1.29, 1.82) is 0 Å². The summed E-state index contributed by atoms with van der Waals surface area (Å²) in [6.45, 7) is 4.53. The van der Waals surface area contributed by atoms with Crippen molar-refractivity contribution in [2.75, 3.05) is 12.4 Å². The molecule has 0 amide bonds. The number of aryl methyl sites for hydroxylation is 2. The van der Waals surface area contributed by atoms with Crippen LogP contribution in [0.25, 0.3) is 0 Å². The van der Waals surface area contributed by atoms with Crippen molar-refractivity contribution in [1.82, 2.24) is 4.98 Å². The lowest BCUT2D eigenvalue weighted by Gasteiger charge is -2.09. The molecule has 2 rings (SSSR count). The van der Waals surface area contributed by atoms with Crippen LogP contribution >= 0.6 is 35.3 Å². The van der Waals surface area contributed by atoms with E-state index in [2.05, 4.69) is 22.2 Å². The molecule has 0 saturated heterocycles. The van der Waals surface area contributed by atoms with E-state index in [0.29, 0.717) is 12.5 Å². The Balaban J connectivity index is 0.00000220. The first-order valence-electron chi connectivity index (χ1n) is 6.23. The second kappa shape index (κ2) is 8.18. The van der Waals surface area contributed by atoms with Crippen molar-refractivity contribution in [2.24, 2.45) is 10.7 Å². The van der Waals surface area contributed by atoms with Gasteiger partial charge in [-0.25, -0.2) is 9.98 Å². The summed E-state index contributed by atoms with van der Waals surface area (Å²) in [4.78, 5) is 9.94. The normalized spacial score (nSPS) is 10.9. The van der Waals surface area contributed by atoms with Crippen LogP contribution in [-0.4, -0.2) is 18.1 Å². The van der Waals surface area contributed by atoms with Gasteiger partial charge in [-0.05, 0) is 26.0 Å². The largest absolute Gasteiger partial charge is 0.495 e. The SMILES string of the molecule is COc1ccccc1NC(N)=NCc1nc(C)c(C)s1.I. The average molecular weight is 418 g/mol. The van der Waals surface area contributed by atoms with Crippen LogP contribution in [0, 0.1) is 13.8 Å². The Kier molecular flexibility index (Phi) is 6.90. The number of aliphatic imine (C=N–C) groups is 1. The van der Waals surface area contributed by atoms with Gasteiger partial charge in [0.2, 0.25) is 0 Å². The third-order valence-corrected chi connectivity index (χ3v) is 3.88. The van der Waals surface area contributed by atoms with E-state index >= 15 is 0 Å². The fourth-order valence-corrected chi connectivity index (χ4v) is 2.54. The summed E-state index contributed by atoms with van der Waals surface area (Å²) >= 11 is 1.64. The molecule has 114 valence electrons. The number of nitrogens with two attached hydrogens (primary N) is 1. The Morgan fingerprint density at radius 3 is 2.71 bits per heavy atom. The number of hydrogen-bond donors (Lipinski definition) is 2. The summed E-state index contributed by atoms with van der Waals surface area (Å²) in [6.07, 6.45) is 0. The maximum atomic E-state index is 5.88. The Hall–Kier alpha value is -1.35. The molecule has 0 aliphatic heterocycles. The first kappa shape index (κ1) is 17.7. The molecule has 1 heterocycles. The van der Waals surface area contributed by atoms with E-state index < -0.39 is 0 Å². The number of hydrogen-bond acceptors (Lipinski definition) is 4. The molecule has 0 saturated carbocycles. The van der Waals surface area contributed by atoms with Crippen molar-refractivity contribution < 1.29 is 4.74 Å². The standard InChI is InChI=1S/C14H18N4OS.HI/c1-9-10(2)20-13(17-9)8-16-14(15)18-11-6-4-5-7-12(11)19-3;/h4-7H,8H2,1-3H3,(H3,15,16,18);1H. The first-order chi connectivity index (χ1) is 9.60. The third-order valence-electron chi connectivity index (χ3n) is 2.83. The number of ether oxygens (including phenoxy) is 1. The molecule has 1 aromatic heterocycles. The Labute approximate surface area is 145 Å². The molecule has 0 aliphatic rings. The van der Waals surface area contributed by atoms with Gasteiger partial charge in [0.15, 0.2) is 5.96 Å². The predicted molar refractivity (Wildman–Crippen MR) is 98.9 cm³/mol. The molecule has 21 heavy (non-hydrogen) atoms. The van der Waals surface area contributed by atoms with Crippen molar-refractivity contribution in [2.45, 2.75) is 20.4 Å². The van der Waals surface area contributed by atoms with Crippen molar-refractivity contribution in [3.63, 3.8) is 0 Å². The number of guanidine groups is 1. The van der Waals surface area contributed by atoms with Crippen molar-refractivity contribution in [3.8, 4) is 5.75 Å². The number of anilines is 1. The highest BCUT2D eigenvalue weighted by Gasteiger charge is 2.04. The zero-order valence-electron chi connectivity index (χ0n) is 12.2. The molecule has 0 bridgehead atoms. The minimum Gasteiger partial charge on any atom is -0.495 e. The summed E-state index contributed by atoms with van der Waals surface area (Å²) in [5.74, 6) is 1.08. The molecular formula is C14H19IN4OS. The second-order valence-electron chi connectivity index (χ2n) is 4.28. The number of nitrogens with one attached hydrogen (secondary N) is 1. The topological polar surface area (TPSA) is 72.5 Å². The monoisotopic (exact) mass is 418 g/mol. The number of rotatable bonds is 4. The molecule has 5 nitrogen and oxygen atoms in total. The average Bonchev–Trinajstić information content (AvgIpc) is 2.76. The summed E-state index contributed by atoms with van der Waals surface area (Å²) in [5, 5.41) is 4.00. The van der Waals surface area contributed by atoms with E-state index in [1.165, 1.54) is 4.88 Å². The zero-order valence-corrected chi connectivity index (χ0v) is 15.4. The highest BCUT2D eigenvalue weighted by molar-refractivity contribution is 14.0. The minimum absolute atomic E-state index is 0. The molecular weight excluding hydrogens is 399 g/mol. The Bertz CT molecular complexity index is 608. The van der Waals surface area contributed by atoms with Crippen LogP contribution in [0.15, 0.2) is 29.3 Å². The van der Waals surface area contributed by atoms with E-state index in [-0.39, 0.29) is 24.0 Å². The van der Waals surface area contributed by atoms with E-state index in [1.54, 1.807) is 18.4 Å². The predicted octanol–water partition coefficient (Wildman–Crippen LogP) is 3.31. The number of methoxy groups -OCH3 is 1. The Morgan fingerprint density at radius 2 is 2.10 bits per heavy atom. The van der Waals surface area contributed by atoms with Gasteiger partial charge in [0.25, 0.3) is 0 Å². The fourth-order valence-electron chi connectivity index (χ4n) is 1.69. The molecule has 0 unspecified atom stereocenters. The lowest BCUT2D eigenvalue weighted by molar-refractivity contribution is 0.417. The third kappa shape index (κ3) is 4.85. The van der Waals surface area contributed by atoms with Crippen molar-refractivity contribution in [3.05, 3.63) is 39.8 Å². The van der Waals surface area contributed by atoms with Gasteiger partial charge >= 0.3 is 0 Å². The minimum atomic E-state index is 0. The van der Waals surface area contributed by atoms with Gasteiger partial charge in [0, 0.05) is 4.88 Å². The van der Waals surface area contributed by atoms with Gasteiger partial charge in [0.05, 0.1) is 25.0 Å². The first-order valence-corrected chi connectivity index (χ1v) is 7.04. The van der Waals surface area contributed by atoms with E-state index in [0.717, 1.165) is 22.1 Å². The smallest absolute Gasteiger partial charge is 0.193 e. The highest BCUT2D eigenvalue weighted by Crippen LogP contribution is 2.22. The molecule has 3 N–H and O–H groups in total. The number of nitrogens with zero attached hydrogens (tertiary/aromatic N) is 2. The van der Waals surface area contributed by atoms with Gasteiger partial charge in [-0.15, -0.1) is 35.3 Å². The van der Waals surface area contributed by atoms with Crippen LogP contribution in [-0.2, 0) is 6.54 Å². The molecule has 2 aromatic rings. The molecule has 0 aliphatic carbocycles. The van der Waals surface area contributed by atoms with E-state index in [4.69, 9.17) is 10.5 Å². The van der Waals surface area contributed by atoms with Crippen LogP contribution in [0.4, 0.5) is 5.69 Å². The van der Waals surface area contributed by atoms with Gasteiger partial charge in [-0.2, -0.15) is 0 Å². The van der Waals surface area contributed by atoms with Crippen LogP contribution in [0.5, 0.6) is 5.75 Å². The molecule has 0 fully saturated rings. The lowest BCUT2D eigenvalue weighted by Crippen LogP contribution is -2.22. The van der Waals surface area contributed by atoms with Crippen LogP contribution < -0.4 is 15.8 Å². The van der Waals surface area contributed by atoms with Gasteiger partial charge < -0.3 is 15.8 Å². The van der Waals surface area contributed by atoms with Crippen LogP contribution in [0.3, 0.4) is 0 Å². The van der Waals surface area contributed by atoms with Gasteiger partial charge in [-0.3, -0.25) is 0 Å². The zero-order chi connectivity index (χ0) is 14.5. The second-order valence-corrected chi connectivity index (χ2v) is 5.56. The van der Waals surface area contributed by atoms with Gasteiger partial charge in [0.1, 0.15) is 10.8 Å². The van der Waals surface area contributed by atoms with Crippen LogP contribution in [0.1, 0.15) is 15.6 Å². The molecule has 1 aromatic carbocycles. The van der Waals surface area contributed by atoms with Crippen molar-refractivity contribution >= 4 is 47.0 Å². The lowest BCUT2D eigenvalue weighted by atomic mass is 10.3. The maximum Gasteiger partial charge on any atom is 0.193 e. The quantitative estimate of drug-likeness (QED) is 0.454. The number of para-hydroxylation sites is 2. The number of thiazole rings is 1. The summed E-state index contributed by atoms with van der Waals surface area (Å²) < 4.78 is 5.24. The summed E-state index contributed by atoms with van der Waals surface area (Å²) in [7, 11) is 1.62. The Morgan fingerprint density at radius 1 is 1.38 bits per heavy atom. The van der Waals surface area contributed by atoms with Gasteiger partial charge in [-0.1, -0.05) is 12.1 Å². The summed E-state index contributed by atoms with van der Waals surface area (Å²) in [5.41, 5.74) is 7.73. The van der Waals surface area contributed by atoms with E-state index in [1.807, 2.05) is 31.2 Å². The molecule has 0 radical (unpaired) electrons. The molecule has 0 atom stereocenters. The van der Waals surface area contributed by atoms with Crippen LogP contribution in [0.2, 0.25) is 0 Å².